The fourth-order valence-corrected chi connectivity index (χ4v) is 3.81. The summed E-state index contributed by atoms with van der Waals surface area (Å²) >= 11 is 0. The van der Waals surface area contributed by atoms with E-state index in [1.54, 1.807) is 12.1 Å². The number of benzene rings is 1. The number of hydrazine groups is 1. The summed E-state index contributed by atoms with van der Waals surface area (Å²) in [7, 11) is -3.80. The van der Waals surface area contributed by atoms with E-state index >= 15 is 0 Å². The summed E-state index contributed by atoms with van der Waals surface area (Å²) in [5.41, 5.74) is 9.78. The van der Waals surface area contributed by atoms with Crippen LogP contribution in [0.25, 0.3) is 0 Å². The summed E-state index contributed by atoms with van der Waals surface area (Å²) in [4.78, 5) is 23.5. The number of aryl methyl sites for hydroxylation is 1. The number of aromatic nitrogens is 2. The average Bonchev–Trinajstić information content (AvgIpc) is 2.67. The molecule has 0 atom stereocenters. The van der Waals surface area contributed by atoms with Crippen molar-refractivity contribution >= 4 is 33.3 Å². The fourth-order valence-electron chi connectivity index (χ4n) is 2.97. The molecule has 1 saturated heterocycles. The van der Waals surface area contributed by atoms with Gasteiger partial charge in [-0.05, 0) is 31.9 Å². The molecule has 0 aliphatic carbocycles. The van der Waals surface area contributed by atoms with Gasteiger partial charge in [-0.1, -0.05) is 17.7 Å². The smallest absolute Gasteiger partial charge is 0.306 e. The van der Waals surface area contributed by atoms with Crippen LogP contribution in [-0.2, 0) is 14.8 Å². The maximum Gasteiger partial charge on any atom is 0.306 e. The number of anilines is 3. The number of carboxylic acid groups (broad SMARTS) is 1. The Morgan fingerprint density at radius 3 is 2.46 bits per heavy atom. The highest BCUT2D eigenvalue weighted by molar-refractivity contribution is 7.89. The van der Waals surface area contributed by atoms with Crippen LogP contribution in [-0.4, -0.2) is 42.6 Å². The maximum absolute atomic E-state index is 12.4. The summed E-state index contributed by atoms with van der Waals surface area (Å²) in [6.45, 7) is 2.85. The first-order chi connectivity index (χ1) is 13.3. The van der Waals surface area contributed by atoms with Crippen LogP contribution in [0.5, 0.6) is 0 Å². The predicted octanol–water partition coefficient (Wildman–Crippen LogP) is 0.974. The number of sulfonamides is 1. The third kappa shape index (κ3) is 4.31. The molecule has 10 nitrogen and oxygen atoms in total. The Morgan fingerprint density at radius 2 is 1.86 bits per heavy atom. The molecule has 2 heterocycles. The number of nitrogens with zero attached hydrogens (tertiary/aromatic N) is 3. The van der Waals surface area contributed by atoms with Crippen molar-refractivity contribution in [3.05, 3.63) is 36.2 Å². The summed E-state index contributed by atoms with van der Waals surface area (Å²) in [5.74, 6) is -0.613. The number of aliphatic carboxylic acids is 1. The normalized spacial score (nSPS) is 15.4. The van der Waals surface area contributed by atoms with Crippen LogP contribution in [0.15, 0.2) is 35.5 Å². The van der Waals surface area contributed by atoms with Gasteiger partial charge in [-0.15, -0.1) is 4.83 Å². The van der Waals surface area contributed by atoms with E-state index in [0.29, 0.717) is 31.7 Å². The summed E-state index contributed by atoms with van der Waals surface area (Å²) < 4.78 is 24.8. The number of carboxylic acids is 1. The lowest BCUT2D eigenvalue weighted by molar-refractivity contribution is -0.142. The van der Waals surface area contributed by atoms with E-state index in [1.165, 1.54) is 18.5 Å². The number of hydrogen-bond donors (Lipinski definition) is 4. The molecule has 3 rings (SSSR count). The summed E-state index contributed by atoms with van der Waals surface area (Å²) in [6, 6.07) is 6.40. The standard InChI is InChI=1S/C17H22N6O4S/c1-11-2-4-13(5-3-11)28(26,27)22-21-15-14(18)16(20-10-19-15)23-8-6-12(7-9-23)17(24)25/h2-5,10,12,22H,6-9,18H2,1H3,(H,24,25)(H,19,20,21). The van der Waals surface area contributed by atoms with Gasteiger partial charge >= 0.3 is 5.97 Å². The highest BCUT2D eigenvalue weighted by Crippen LogP contribution is 2.29. The number of carbonyl (C=O) groups is 1. The minimum absolute atomic E-state index is 0.106. The van der Waals surface area contributed by atoms with Crippen LogP contribution in [0.1, 0.15) is 18.4 Å². The lowest BCUT2D eigenvalue weighted by Crippen LogP contribution is -2.37. The van der Waals surface area contributed by atoms with Crippen LogP contribution < -0.4 is 20.9 Å². The van der Waals surface area contributed by atoms with Crippen molar-refractivity contribution in [2.24, 2.45) is 5.92 Å². The molecule has 1 aliphatic rings. The topological polar surface area (TPSA) is 151 Å². The van der Waals surface area contributed by atoms with Crippen LogP contribution in [0.2, 0.25) is 0 Å². The van der Waals surface area contributed by atoms with Gasteiger partial charge in [-0.2, -0.15) is 0 Å². The van der Waals surface area contributed by atoms with Crippen molar-refractivity contribution in [2.45, 2.75) is 24.7 Å². The van der Waals surface area contributed by atoms with Gasteiger partial charge in [0.15, 0.2) is 11.6 Å². The zero-order valence-electron chi connectivity index (χ0n) is 15.3. The second-order valence-corrected chi connectivity index (χ2v) is 8.29. The molecule has 0 saturated carbocycles. The van der Waals surface area contributed by atoms with Crippen molar-refractivity contribution in [2.75, 3.05) is 29.1 Å². The molecule has 28 heavy (non-hydrogen) atoms. The number of nitrogens with one attached hydrogen (secondary N) is 2. The van der Waals surface area contributed by atoms with E-state index in [9.17, 15) is 13.2 Å². The Morgan fingerprint density at radius 1 is 1.21 bits per heavy atom. The molecule has 1 aliphatic heterocycles. The van der Waals surface area contributed by atoms with Crippen LogP contribution >= 0.6 is 0 Å². The van der Waals surface area contributed by atoms with E-state index in [1.807, 2.05) is 11.8 Å². The van der Waals surface area contributed by atoms with Gasteiger partial charge in [0.2, 0.25) is 0 Å². The van der Waals surface area contributed by atoms with Crippen LogP contribution in [0.4, 0.5) is 17.3 Å². The molecule has 150 valence electrons. The molecule has 0 unspecified atom stereocenters. The van der Waals surface area contributed by atoms with E-state index in [-0.39, 0.29) is 22.3 Å². The molecule has 0 spiro atoms. The summed E-state index contributed by atoms with van der Waals surface area (Å²) in [5, 5.41) is 9.11. The minimum Gasteiger partial charge on any atom is -0.481 e. The van der Waals surface area contributed by atoms with Crippen molar-refractivity contribution in [1.29, 1.82) is 0 Å². The zero-order chi connectivity index (χ0) is 20.3. The molecular weight excluding hydrogens is 384 g/mol. The van der Waals surface area contributed by atoms with Crippen molar-refractivity contribution in [3.63, 3.8) is 0 Å². The van der Waals surface area contributed by atoms with Gasteiger partial charge < -0.3 is 15.7 Å². The van der Waals surface area contributed by atoms with E-state index in [2.05, 4.69) is 20.2 Å². The first-order valence-electron chi connectivity index (χ1n) is 8.70. The second kappa shape index (κ2) is 7.98. The first kappa shape index (κ1) is 19.8. The average molecular weight is 406 g/mol. The number of piperidine rings is 1. The number of hydrogen-bond acceptors (Lipinski definition) is 8. The minimum atomic E-state index is -3.80. The molecule has 0 bridgehead atoms. The molecule has 2 aromatic rings. The van der Waals surface area contributed by atoms with Gasteiger partial charge in [0.25, 0.3) is 10.0 Å². The van der Waals surface area contributed by atoms with Gasteiger partial charge in [-0.3, -0.25) is 10.2 Å². The lowest BCUT2D eigenvalue weighted by Gasteiger charge is -2.31. The van der Waals surface area contributed by atoms with E-state index < -0.39 is 16.0 Å². The van der Waals surface area contributed by atoms with Crippen LogP contribution in [0.3, 0.4) is 0 Å². The Labute approximate surface area is 162 Å². The van der Waals surface area contributed by atoms with Crippen molar-refractivity contribution in [3.8, 4) is 0 Å². The van der Waals surface area contributed by atoms with Gasteiger partial charge in [0.1, 0.15) is 12.0 Å². The highest BCUT2D eigenvalue weighted by atomic mass is 32.2. The number of nitrogens with two attached hydrogens (primary N) is 1. The molecule has 0 amide bonds. The number of nitrogen functional groups attached to an aromatic ring is 1. The second-order valence-electron chi connectivity index (χ2n) is 6.60. The molecule has 1 fully saturated rings. The molecular formula is C17H22N6O4S. The zero-order valence-corrected chi connectivity index (χ0v) is 16.1. The SMILES string of the molecule is Cc1ccc(S(=O)(=O)NNc2ncnc(N3CCC(C(=O)O)CC3)c2N)cc1. The quantitative estimate of drug-likeness (QED) is 0.514. The van der Waals surface area contributed by atoms with Crippen molar-refractivity contribution < 1.29 is 18.3 Å². The third-order valence-corrected chi connectivity index (χ3v) is 5.91. The monoisotopic (exact) mass is 406 g/mol. The molecule has 0 radical (unpaired) electrons. The summed E-state index contributed by atoms with van der Waals surface area (Å²) in [6.07, 6.45) is 2.25. The van der Waals surface area contributed by atoms with Gasteiger partial charge in [0.05, 0.1) is 10.8 Å². The number of rotatable bonds is 6. The largest absolute Gasteiger partial charge is 0.481 e. The van der Waals surface area contributed by atoms with Gasteiger partial charge in [0, 0.05) is 13.1 Å². The Hall–Kier alpha value is -2.92. The Balaban J connectivity index is 1.71. The molecule has 1 aromatic carbocycles. The molecule has 11 heteroatoms. The van der Waals surface area contributed by atoms with Crippen LogP contribution in [0, 0.1) is 12.8 Å². The Kier molecular flexibility index (Phi) is 5.66. The van der Waals surface area contributed by atoms with E-state index in [4.69, 9.17) is 10.8 Å². The highest BCUT2D eigenvalue weighted by Gasteiger charge is 2.27. The fraction of sp³-hybridized carbons (Fsp3) is 0.353. The molecule has 1 aromatic heterocycles. The predicted molar refractivity (Wildman–Crippen MR) is 104 cm³/mol. The maximum atomic E-state index is 12.4. The first-order valence-corrected chi connectivity index (χ1v) is 10.2. The molecule has 5 N–H and O–H groups in total. The Bertz CT molecular complexity index is 956. The lowest BCUT2D eigenvalue weighted by atomic mass is 9.97. The van der Waals surface area contributed by atoms with E-state index in [0.717, 1.165) is 5.56 Å². The third-order valence-electron chi connectivity index (χ3n) is 4.64. The van der Waals surface area contributed by atoms with Crippen molar-refractivity contribution in [1.82, 2.24) is 14.8 Å². The van der Waals surface area contributed by atoms with Gasteiger partial charge in [-0.25, -0.2) is 18.4 Å².